The number of aromatic nitrogens is 1. The van der Waals surface area contributed by atoms with E-state index in [1.807, 2.05) is 0 Å². The second-order valence-corrected chi connectivity index (χ2v) is 6.49. The van der Waals surface area contributed by atoms with Crippen molar-refractivity contribution in [2.75, 3.05) is 26.2 Å². The molecule has 0 spiro atoms. The van der Waals surface area contributed by atoms with Gasteiger partial charge in [0.15, 0.2) is 5.76 Å². The predicted octanol–water partition coefficient (Wildman–Crippen LogP) is 1.84. The molecule has 118 valence electrons. The lowest BCUT2D eigenvalue weighted by molar-refractivity contribution is 0.00724. The Labute approximate surface area is 127 Å². The van der Waals surface area contributed by atoms with Crippen LogP contribution in [0, 0.1) is 0 Å². The van der Waals surface area contributed by atoms with Crippen molar-refractivity contribution < 1.29 is 4.52 Å². The molecular formula is C16H28N4O. The molecule has 2 unspecified atom stereocenters. The number of fused-ring (bicyclic) bond motifs is 1. The van der Waals surface area contributed by atoms with E-state index >= 15 is 0 Å². The van der Waals surface area contributed by atoms with Gasteiger partial charge in [-0.15, -0.1) is 0 Å². The van der Waals surface area contributed by atoms with Crippen molar-refractivity contribution in [2.24, 2.45) is 0 Å². The highest BCUT2D eigenvalue weighted by molar-refractivity contribution is 5.06. The number of hydrogen-bond acceptors (Lipinski definition) is 5. The van der Waals surface area contributed by atoms with Crippen molar-refractivity contribution in [3.8, 4) is 0 Å². The number of piperazine rings is 1. The van der Waals surface area contributed by atoms with Gasteiger partial charge in [0.25, 0.3) is 0 Å². The molecule has 1 aromatic heterocycles. The van der Waals surface area contributed by atoms with Crippen LogP contribution in [-0.4, -0.2) is 53.2 Å². The van der Waals surface area contributed by atoms with Crippen LogP contribution in [0.15, 0.2) is 10.6 Å². The Kier molecular flexibility index (Phi) is 4.93. The number of hydrogen-bond donors (Lipinski definition) is 1. The molecule has 2 aliphatic rings. The molecular weight excluding hydrogens is 264 g/mol. The molecule has 2 fully saturated rings. The Morgan fingerprint density at radius 2 is 2.29 bits per heavy atom. The summed E-state index contributed by atoms with van der Waals surface area (Å²) < 4.78 is 5.50. The fraction of sp³-hybridized carbons (Fsp3) is 0.812. The standard InChI is InChI=1S/C16H28N4O/c1-3-17-9-14-8-16(21-18-14)12-20-11-15-6-4-5-7-19(15)10-13(20)2/h8,13,15,17H,3-7,9-12H2,1-2H3. The smallest absolute Gasteiger partial charge is 0.151 e. The Hall–Kier alpha value is -0.910. The number of nitrogens with one attached hydrogen (secondary N) is 1. The van der Waals surface area contributed by atoms with Crippen molar-refractivity contribution in [3.63, 3.8) is 0 Å². The molecule has 2 atom stereocenters. The topological polar surface area (TPSA) is 44.5 Å². The number of nitrogens with zero attached hydrogens (tertiary/aromatic N) is 3. The molecule has 2 aliphatic heterocycles. The summed E-state index contributed by atoms with van der Waals surface area (Å²) in [7, 11) is 0. The summed E-state index contributed by atoms with van der Waals surface area (Å²) in [5.74, 6) is 0.999. The molecule has 3 heterocycles. The summed E-state index contributed by atoms with van der Waals surface area (Å²) in [6, 6.07) is 3.45. The molecule has 0 radical (unpaired) electrons. The molecule has 0 bridgehead atoms. The third-order valence-electron chi connectivity index (χ3n) is 4.84. The lowest BCUT2D eigenvalue weighted by Crippen LogP contribution is -2.58. The van der Waals surface area contributed by atoms with E-state index in [9.17, 15) is 0 Å². The molecule has 3 rings (SSSR count). The van der Waals surface area contributed by atoms with Crippen LogP contribution in [0.2, 0.25) is 0 Å². The van der Waals surface area contributed by atoms with Crippen molar-refractivity contribution in [2.45, 2.75) is 58.3 Å². The van der Waals surface area contributed by atoms with Crippen LogP contribution < -0.4 is 5.32 Å². The number of piperidine rings is 1. The van der Waals surface area contributed by atoms with E-state index in [2.05, 4.69) is 40.2 Å². The maximum absolute atomic E-state index is 5.50. The molecule has 5 heteroatoms. The average molecular weight is 292 g/mol. The van der Waals surface area contributed by atoms with E-state index in [1.54, 1.807) is 0 Å². The summed E-state index contributed by atoms with van der Waals surface area (Å²) in [4.78, 5) is 5.24. The fourth-order valence-corrected chi connectivity index (χ4v) is 3.60. The maximum Gasteiger partial charge on any atom is 0.151 e. The zero-order chi connectivity index (χ0) is 14.7. The lowest BCUT2D eigenvalue weighted by Gasteiger charge is -2.47. The molecule has 5 nitrogen and oxygen atoms in total. The SMILES string of the molecule is CCNCc1cc(CN2CC3CCCCN3CC2C)on1. The number of rotatable bonds is 5. The maximum atomic E-state index is 5.50. The molecule has 2 saturated heterocycles. The Bertz CT molecular complexity index is 447. The summed E-state index contributed by atoms with van der Waals surface area (Å²) in [5, 5.41) is 7.44. The first-order valence-corrected chi connectivity index (χ1v) is 8.39. The monoisotopic (exact) mass is 292 g/mol. The highest BCUT2D eigenvalue weighted by atomic mass is 16.5. The molecule has 0 aliphatic carbocycles. The van der Waals surface area contributed by atoms with Gasteiger partial charge < -0.3 is 9.84 Å². The molecule has 1 N–H and O–H groups in total. The fourth-order valence-electron chi connectivity index (χ4n) is 3.60. The Morgan fingerprint density at radius 1 is 1.38 bits per heavy atom. The van der Waals surface area contributed by atoms with E-state index in [1.165, 1.54) is 38.9 Å². The molecule has 0 amide bonds. The third-order valence-corrected chi connectivity index (χ3v) is 4.84. The van der Waals surface area contributed by atoms with E-state index in [-0.39, 0.29) is 0 Å². The van der Waals surface area contributed by atoms with E-state index < -0.39 is 0 Å². The van der Waals surface area contributed by atoms with Gasteiger partial charge in [-0.3, -0.25) is 9.80 Å². The summed E-state index contributed by atoms with van der Waals surface area (Å²) in [6.07, 6.45) is 4.11. The minimum Gasteiger partial charge on any atom is -0.360 e. The average Bonchev–Trinajstić information content (AvgIpc) is 2.93. The van der Waals surface area contributed by atoms with Crippen LogP contribution in [0.4, 0.5) is 0 Å². The first-order valence-electron chi connectivity index (χ1n) is 8.39. The minimum absolute atomic E-state index is 0.599. The van der Waals surface area contributed by atoms with Crippen LogP contribution in [0.5, 0.6) is 0 Å². The summed E-state index contributed by atoms with van der Waals surface area (Å²) in [6.45, 7) is 10.7. The summed E-state index contributed by atoms with van der Waals surface area (Å²) >= 11 is 0. The molecule has 1 aromatic rings. The van der Waals surface area contributed by atoms with E-state index in [0.717, 1.165) is 37.1 Å². The van der Waals surface area contributed by atoms with Crippen molar-refractivity contribution in [3.05, 3.63) is 17.5 Å². The highest BCUT2D eigenvalue weighted by Gasteiger charge is 2.33. The van der Waals surface area contributed by atoms with Gasteiger partial charge in [-0.1, -0.05) is 18.5 Å². The van der Waals surface area contributed by atoms with Crippen molar-refractivity contribution in [1.29, 1.82) is 0 Å². The molecule has 21 heavy (non-hydrogen) atoms. The van der Waals surface area contributed by atoms with Gasteiger partial charge in [0, 0.05) is 37.8 Å². The molecule has 0 aromatic carbocycles. The highest BCUT2D eigenvalue weighted by Crippen LogP contribution is 2.25. The van der Waals surface area contributed by atoms with Crippen LogP contribution in [-0.2, 0) is 13.1 Å². The van der Waals surface area contributed by atoms with Crippen LogP contribution in [0.3, 0.4) is 0 Å². The van der Waals surface area contributed by atoms with Gasteiger partial charge in [0.2, 0.25) is 0 Å². The quantitative estimate of drug-likeness (QED) is 0.897. The van der Waals surface area contributed by atoms with Crippen molar-refractivity contribution >= 4 is 0 Å². The van der Waals surface area contributed by atoms with Gasteiger partial charge in [0.05, 0.1) is 12.2 Å². The van der Waals surface area contributed by atoms with E-state index in [4.69, 9.17) is 4.52 Å². The van der Waals surface area contributed by atoms with Gasteiger partial charge in [-0.25, -0.2) is 0 Å². The lowest BCUT2D eigenvalue weighted by atomic mass is 9.97. The van der Waals surface area contributed by atoms with Gasteiger partial charge >= 0.3 is 0 Å². The first-order chi connectivity index (χ1) is 10.3. The van der Waals surface area contributed by atoms with Gasteiger partial charge in [-0.2, -0.15) is 0 Å². The second kappa shape index (κ2) is 6.90. The Morgan fingerprint density at radius 3 is 3.14 bits per heavy atom. The van der Waals surface area contributed by atoms with Crippen molar-refractivity contribution in [1.82, 2.24) is 20.3 Å². The normalized spacial score (nSPS) is 27.7. The van der Waals surface area contributed by atoms with Crippen LogP contribution in [0.1, 0.15) is 44.6 Å². The Balaban J connectivity index is 1.57. The van der Waals surface area contributed by atoms with Gasteiger partial charge in [0.1, 0.15) is 0 Å². The molecule has 0 saturated carbocycles. The van der Waals surface area contributed by atoms with Gasteiger partial charge in [-0.05, 0) is 32.9 Å². The zero-order valence-electron chi connectivity index (χ0n) is 13.3. The first kappa shape index (κ1) is 15.0. The minimum atomic E-state index is 0.599. The largest absolute Gasteiger partial charge is 0.360 e. The van der Waals surface area contributed by atoms with Crippen LogP contribution >= 0.6 is 0 Å². The van der Waals surface area contributed by atoms with Crippen LogP contribution in [0.25, 0.3) is 0 Å². The third kappa shape index (κ3) is 3.65. The zero-order valence-corrected chi connectivity index (χ0v) is 13.3. The second-order valence-electron chi connectivity index (χ2n) is 6.49. The summed E-state index contributed by atoms with van der Waals surface area (Å²) in [5.41, 5.74) is 1.01. The van der Waals surface area contributed by atoms with E-state index in [0.29, 0.717) is 6.04 Å². The predicted molar refractivity (Wildman–Crippen MR) is 83.0 cm³/mol.